The van der Waals surface area contributed by atoms with Crippen molar-refractivity contribution >= 4 is 21.6 Å². The van der Waals surface area contributed by atoms with Crippen molar-refractivity contribution in [1.82, 2.24) is 5.32 Å². The van der Waals surface area contributed by atoms with E-state index in [-0.39, 0.29) is 31.0 Å². The third-order valence-electron chi connectivity index (χ3n) is 3.76. The molecule has 0 unspecified atom stereocenters. The van der Waals surface area contributed by atoms with Crippen molar-refractivity contribution in [2.75, 3.05) is 23.4 Å². The van der Waals surface area contributed by atoms with Crippen molar-refractivity contribution in [3.63, 3.8) is 0 Å². The zero-order valence-electron chi connectivity index (χ0n) is 14.2. The van der Waals surface area contributed by atoms with E-state index in [1.54, 1.807) is 25.1 Å². The van der Waals surface area contributed by atoms with Gasteiger partial charge in [0.15, 0.2) is 11.5 Å². The number of carbonyl (C=O) groups is 1. The molecule has 1 heterocycles. The number of hydrogen-bond donors (Lipinski definition) is 1. The highest BCUT2D eigenvalue weighted by atomic mass is 32.2. The van der Waals surface area contributed by atoms with E-state index in [1.165, 1.54) is 0 Å². The van der Waals surface area contributed by atoms with E-state index in [9.17, 15) is 13.2 Å². The van der Waals surface area contributed by atoms with E-state index in [1.807, 2.05) is 13.8 Å². The first kappa shape index (κ1) is 18.4. The molecular formula is C16H24N2O5S. The molecule has 0 aliphatic carbocycles. The van der Waals surface area contributed by atoms with E-state index in [0.717, 1.165) is 17.1 Å². The molecule has 2 rings (SSSR count). The van der Waals surface area contributed by atoms with Gasteiger partial charge in [0, 0.05) is 12.1 Å². The van der Waals surface area contributed by atoms with Crippen LogP contribution in [0.1, 0.15) is 33.6 Å². The van der Waals surface area contributed by atoms with Crippen LogP contribution < -0.4 is 19.1 Å². The third kappa shape index (κ3) is 4.31. The molecule has 0 fully saturated rings. The lowest BCUT2D eigenvalue weighted by atomic mass is 10.2. The fraction of sp³-hybridized carbons (Fsp3) is 0.562. The zero-order chi connectivity index (χ0) is 17.7. The lowest BCUT2D eigenvalue weighted by Crippen LogP contribution is -2.44. The molecule has 8 heteroatoms. The minimum absolute atomic E-state index is 0.00503. The average molecular weight is 356 g/mol. The maximum Gasteiger partial charge on any atom is 0.240 e. The Morgan fingerprint density at radius 1 is 1.29 bits per heavy atom. The number of ether oxygens (including phenoxy) is 2. The first-order valence-corrected chi connectivity index (χ1v) is 9.67. The number of anilines is 1. The summed E-state index contributed by atoms with van der Waals surface area (Å²) in [6, 6.07) is 4.85. The first-order valence-electron chi connectivity index (χ1n) is 8.06. The summed E-state index contributed by atoms with van der Waals surface area (Å²) in [4.78, 5) is 12.2. The van der Waals surface area contributed by atoms with Crippen molar-refractivity contribution in [3.8, 4) is 11.5 Å². The highest BCUT2D eigenvalue weighted by molar-refractivity contribution is 7.92. The predicted octanol–water partition coefficient (Wildman–Crippen LogP) is 1.88. The molecule has 1 amide bonds. The van der Waals surface area contributed by atoms with Crippen molar-refractivity contribution in [3.05, 3.63) is 18.2 Å². The standard InChI is InChI=1S/C16H24N2O5S/c1-4-6-12(3)17-16(19)10-18(24(20,21)5-2)13-7-8-14-15(9-13)23-11-22-14/h7-9,12H,4-6,10-11H2,1-3H3,(H,17,19)/t12-/m0/s1. The molecule has 1 aromatic carbocycles. The quantitative estimate of drug-likeness (QED) is 0.769. The number of benzene rings is 1. The molecular weight excluding hydrogens is 332 g/mol. The Morgan fingerprint density at radius 2 is 2.00 bits per heavy atom. The van der Waals surface area contributed by atoms with E-state index in [2.05, 4.69) is 5.32 Å². The summed E-state index contributed by atoms with van der Waals surface area (Å²) in [7, 11) is -3.60. The number of nitrogens with zero attached hydrogens (tertiary/aromatic N) is 1. The molecule has 1 aromatic rings. The Morgan fingerprint density at radius 3 is 2.67 bits per heavy atom. The van der Waals surface area contributed by atoms with Crippen LogP contribution in [-0.2, 0) is 14.8 Å². The number of rotatable bonds is 8. The van der Waals surface area contributed by atoms with Crippen molar-refractivity contribution in [2.24, 2.45) is 0 Å². The Balaban J connectivity index is 2.21. The fourth-order valence-electron chi connectivity index (χ4n) is 2.50. The molecule has 1 atom stereocenters. The van der Waals surface area contributed by atoms with Crippen LogP contribution in [0.4, 0.5) is 5.69 Å². The van der Waals surface area contributed by atoms with Gasteiger partial charge in [-0.1, -0.05) is 13.3 Å². The van der Waals surface area contributed by atoms with Gasteiger partial charge in [0.25, 0.3) is 0 Å². The molecule has 7 nitrogen and oxygen atoms in total. The van der Waals surface area contributed by atoms with Gasteiger partial charge in [-0.2, -0.15) is 0 Å². The highest BCUT2D eigenvalue weighted by Crippen LogP contribution is 2.36. The molecule has 24 heavy (non-hydrogen) atoms. The molecule has 0 spiro atoms. The summed E-state index contributed by atoms with van der Waals surface area (Å²) < 4.78 is 36.5. The van der Waals surface area contributed by atoms with Gasteiger partial charge in [-0.15, -0.1) is 0 Å². The van der Waals surface area contributed by atoms with Crippen LogP contribution in [0.3, 0.4) is 0 Å². The third-order valence-corrected chi connectivity index (χ3v) is 5.50. The summed E-state index contributed by atoms with van der Waals surface area (Å²) in [6.07, 6.45) is 1.79. The fourth-order valence-corrected chi connectivity index (χ4v) is 3.56. The summed E-state index contributed by atoms with van der Waals surface area (Å²) in [5, 5.41) is 2.83. The molecule has 0 saturated heterocycles. The second-order valence-corrected chi connectivity index (χ2v) is 7.88. The van der Waals surface area contributed by atoms with Gasteiger partial charge in [0.1, 0.15) is 6.54 Å². The van der Waals surface area contributed by atoms with Crippen molar-refractivity contribution < 1.29 is 22.7 Å². The van der Waals surface area contributed by atoms with E-state index in [4.69, 9.17) is 9.47 Å². The second kappa shape index (κ2) is 7.74. The van der Waals surface area contributed by atoms with Crippen LogP contribution in [0.5, 0.6) is 11.5 Å². The summed E-state index contributed by atoms with van der Waals surface area (Å²) >= 11 is 0. The van der Waals surface area contributed by atoms with E-state index in [0.29, 0.717) is 17.2 Å². The average Bonchev–Trinajstić information content (AvgIpc) is 3.00. The zero-order valence-corrected chi connectivity index (χ0v) is 15.1. The Kier molecular flexibility index (Phi) is 5.93. The maximum atomic E-state index is 12.4. The minimum atomic E-state index is -3.60. The van der Waals surface area contributed by atoms with Gasteiger partial charge >= 0.3 is 0 Å². The monoisotopic (exact) mass is 356 g/mol. The largest absolute Gasteiger partial charge is 0.454 e. The Hall–Kier alpha value is -1.96. The van der Waals surface area contributed by atoms with Gasteiger partial charge in [-0.25, -0.2) is 8.42 Å². The first-order chi connectivity index (χ1) is 11.4. The molecule has 134 valence electrons. The number of hydrogen-bond acceptors (Lipinski definition) is 5. The van der Waals surface area contributed by atoms with E-state index < -0.39 is 10.0 Å². The highest BCUT2D eigenvalue weighted by Gasteiger charge is 2.26. The van der Waals surface area contributed by atoms with Crippen molar-refractivity contribution in [2.45, 2.75) is 39.7 Å². The summed E-state index contributed by atoms with van der Waals surface area (Å²) in [5.74, 6) is 0.613. The van der Waals surface area contributed by atoms with Crippen LogP contribution in [0, 0.1) is 0 Å². The smallest absolute Gasteiger partial charge is 0.240 e. The Labute approximate surface area is 143 Å². The minimum Gasteiger partial charge on any atom is -0.454 e. The summed E-state index contributed by atoms with van der Waals surface area (Å²) in [6.45, 7) is 5.33. The Bertz CT molecular complexity index is 690. The molecule has 0 aromatic heterocycles. The van der Waals surface area contributed by atoms with E-state index >= 15 is 0 Å². The molecule has 0 saturated carbocycles. The molecule has 1 aliphatic heterocycles. The maximum absolute atomic E-state index is 12.4. The number of nitrogens with one attached hydrogen (secondary N) is 1. The second-order valence-electron chi connectivity index (χ2n) is 5.70. The number of sulfonamides is 1. The van der Waals surface area contributed by atoms with Gasteiger partial charge in [0.05, 0.1) is 11.4 Å². The van der Waals surface area contributed by atoms with Crippen LogP contribution >= 0.6 is 0 Å². The SMILES string of the molecule is CCC[C@H](C)NC(=O)CN(c1ccc2c(c1)OCO2)S(=O)(=O)CC. The molecule has 0 radical (unpaired) electrons. The number of fused-ring (bicyclic) bond motifs is 1. The van der Waals surface area contributed by atoms with Gasteiger partial charge < -0.3 is 14.8 Å². The predicted molar refractivity (Wildman–Crippen MR) is 91.9 cm³/mol. The van der Waals surface area contributed by atoms with Crippen LogP contribution in [0.25, 0.3) is 0 Å². The number of amides is 1. The lowest BCUT2D eigenvalue weighted by Gasteiger charge is -2.24. The number of carbonyl (C=O) groups excluding carboxylic acids is 1. The molecule has 1 N–H and O–H groups in total. The van der Waals surface area contributed by atoms with Gasteiger partial charge in [-0.05, 0) is 32.4 Å². The van der Waals surface area contributed by atoms with Crippen LogP contribution in [0.2, 0.25) is 0 Å². The van der Waals surface area contributed by atoms with Crippen molar-refractivity contribution in [1.29, 1.82) is 0 Å². The van der Waals surface area contributed by atoms with Crippen LogP contribution in [-0.4, -0.2) is 39.5 Å². The summed E-state index contributed by atoms with van der Waals surface area (Å²) in [5.41, 5.74) is 0.388. The van der Waals surface area contributed by atoms with Crippen LogP contribution in [0.15, 0.2) is 18.2 Å². The topological polar surface area (TPSA) is 84.9 Å². The lowest BCUT2D eigenvalue weighted by molar-refractivity contribution is -0.120. The van der Waals surface area contributed by atoms with Gasteiger partial charge in [-0.3, -0.25) is 9.10 Å². The molecule has 1 aliphatic rings. The van der Waals surface area contributed by atoms with Gasteiger partial charge in [0.2, 0.25) is 22.7 Å². The normalized spacial score (nSPS) is 14.3. The molecule has 0 bridgehead atoms.